The van der Waals surface area contributed by atoms with Crippen molar-refractivity contribution in [2.75, 3.05) is 27.2 Å². The lowest BCUT2D eigenvalue weighted by Gasteiger charge is -2.16. The largest absolute Gasteiger partial charge is 0.444 e. The first-order valence-electron chi connectivity index (χ1n) is 8.02. The van der Waals surface area contributed by atoms with Crippen LogP contribution >= 0.6 is 12.6 Å². The Morgan fingerprint density at radius 1 is 1.37 bits per heavy atom. The van der Waals surface area contributed by atoms with Gasteiger partial charge in [-0.15, -0.1) is 0 Å². The molecule has 1 aromatic rings. The summed E-state index contributed by atoms with van der Waals surface area (Å²) in [5.41, 5.74) is 0.572. The van der Waals surface area contributed by atoms with Crippen LogP contribution in [-0.4, -0.2) is 65.1 Å². The maximum Gasteiger partial charge on any atom is 0.415 e. The molecule has 0 radical (unpaired) electrons. The molecule has 1 aliphatic heterocycles. The van der Waals surface area contributed by atoms with Crippen molar-refractivity contribution in [3.05, 3.63) is 39.9 Å². The second-order valence-corrected chi connectivity index (χ2v) is 6.75. The van der Waals surface area contributed by atoms with Crippen LogP contribution in [0.1, 0.15) is 12.0 Å². The molecule has 2 amide bonds. The molecule has 1 aromatic carbocycles. The van der Waals surface area contributed by atoms with Crippen LogP contribution in [0.5, 0.6) is 0 Å². The van der Waals surface area contributed by atoms with Crippen LogP contribution in [0.2, 0.25) is 0 Å². The third-order valence-electron chi connectivity index (χ3n) is 3.71. The predicted molar refractivity (Wildman–Crippen MR) is 99.5 cm³/mol. The summed E-state index contributed by atoms with van der Waals surface area (Å²) in [6, 6.07) is 5.71. The topological polar surface area (TPSA) is 115 Å². The minimum atomic E-state index is -0.633. The van der Waals surface area contributed by atoms with Crippen LogP contribution in [0.15, 0.2) is 29.4 Å². The molecule has 0 aromatic heterocycles. The Morgan fingerprint density at radius 2 is 2.04 bits per heavy atom. The number of nitro groups is 1. The summed E-state index contributed by atoms with van der Waals surface area (Å²) in [6.07, 6.45) is -0.238. The Kier molecular flexibility index (Phi) is 6.99. The van der Waals surface area contributed by atoms with Crippen molar-refractivity contribution in [3.63, 3.8) is 0 Å². The first-order valence-corrected chi connectivity index (χ1v) is 8.54. The summed E-state index contributed by atoms with van der Waals surface area (Å²) < 4.78 is 5.23. The molecule has 11 heteroatoms. The van der Waals surface area contributed by atoms with Crippen molar-refractivity contribution in [1.29, 1.82) is 0 Å². The molecule has 0 N–H and O–H groups in total. The minimum absolute atomic E-state index is 0.0404. The molecule has 27 heavy (non-hydrogen) atoms. The molecule has 10 nitrogen and oxygen atoms in total. The van der Waals surface area contributed by atoms with E-state index in [1.165, 1.54) is 34.1 Å². The number of nitro benzene ring substituents is 1. The molecule has 1 fully saturated rings. The number of carbonyl (C=O) groups is 2. The van der Waals surface area contributed by atoms with Gasteiger partial charge in [-0.3, -0.25) is 19.8 Å². The fraction of sp³-hybridized carbons (Fsp3) is 0.438. The average Bonchev–Trinajstić information content (AvgIpc) is 3.00. The van der Waals surface area contributed by atoms with Gasteiger partial charge in [-0.25, -0.2) is 4.79 Å². The Balaban J connectivity index is 1.92. The number of amides is 2. The van der Waals surface area contributed by atoms with E-state index in [-0.39, 0.29) is 30.1 Å². The zero-order chi connectivity index (χ0) is 20.0. The minimum Gasteiger partial charge on any atom is -0.444 e. The summed E-state index contributed by atoms with van der Waals surface area (Å²) in [4.78, 5) is 41.6. The van der Waals surface area contributed by atoms with Gasteiger partial charge in [0.15, 0.2) is 12.4 Å². The number of carbonyl (C=O) groups excluding carboxylic acids is 2. The molecule has 0 aliphatic carbocycles. The number of likely N-dealkylation sites (N-methyl/N-ethyl adjacent to an activating group) is 1. The van der Waals surface area contributed by atoms with Gasteiger partial charge in [-0.1, -0.05) is 5.16 Å². The van der Waals surface area contributed by atoms with Gasteiger partial charge in [0.1, 0.15) is 6.61 Å². The quantitative estimate of drug-likeness (QED) is 0.444. The monoisotopic (exact) mass is 396 g/mol. The van der Waals surface area contributed by atoms with Crippen molar-refractivity contribution in [2.24, 2.45) is 5.16 Å². The number of thiol groups is 1. The molecule has 146 valence electrons. The van der Waals surface area contributed by atoms with Gasteiger partial charge in [0.2, 0.25) is 0 Å². The third kappa shape index (κ3) is 5.84. The molecule has 0 saturated carbocycles. The molecule has 1 unspecified atom stereocenters. The Hall–Kier alpha value is -2.82. The molecule has 1 heterocycles. The molecule has 2 rings (SSSR count). The lowest BCUT2D eigenvalue weighted by molar-refractivity contribution is -0.384. The van der Waals surface area contributed by atoms with E-state index in [0.29, 0.717) is 24.4 Å². The number of rotatable bonds is 6. The number of ether oxygens (including phenoxy) is 1. The van der Waals surface area contributed by atoms with Crippen LogP contribution in [0.25, 0.3) is 0 Å². The molecule has 1 atom stereocenters. The van der Waals surface area contributed by atoms with Crippen molar-refractivity contribution in [1.82, 2.24) is 9.80 Å². The average molecular weight is 396 g/mol. The number of likely N-dealkylation sites (tertiary alicyclic amines) is 1. The molecule has 0 spiro atoms. The fourth-order valence-electron chi connectivity index (χ4n) is 2.20. The van der Waals surface area contributed by atoms with Gasteiger partial charge in [0.25, 0.3) is 11.6 Å². The van der Waals surface area contributed by atoms with Gasteiger partial charge in [0.05, 0.1) is 4.92 Å². The summed E-state index contributed by atoms with van der Waals surface area (Å²) >= 11 is 4.34. The Labute approximate surface area is 161 Å². The number of oxime groups is 1. The number of nitrogens with zero attached hydrogens (tertiary/aromatic N) is 4. The van der Waals surface area contributed by atoms with Gasteiger partial charge in [0, 0.05) is 44.4 Å². The van der Waals surface area contributed by atoms with E-state index in [1.54, 1.807) is 14.1 Å². The lowest BCUT2D eigenvalue weighted by Crippen LogP contribution is -2.33. The molecule has 1 aliphatic rings. The normalized spacial score (nSPS) is 17.7. The second-order valence-electron chi connectivity index (χ2n) is 6.02. The van der Waals surface area contributed by atoms with Crippen molar-refractivity contribution in [2.45, 2.75) is 18.3 Å². The predicted octanol–water partition coefficient (Wildman–Crippen LogP) is 1.65. The zero-order valence-corrected chi connectivity index (χ0v) is 15.8. The zero-order valence-electron chi connectivity index (χ0n) is 14.9. The van der Waals surface area contributed by atoms with E-state index in [0.717, 1.165) is 0 Å². The van der Waals surface area contributed by atoms with Crippen LogP contribution < -0.4 is 0 Å². The smallest absolute Gasteiger partial charge is 0.415 e. The van der Waals surface area contributed by atoms with Crippen LogP contribution in [-0.2, 0) is 21.0 Å². The summed E-state index contributed by atoms with van der Waals surface area (Å²) in [5.74, 6) is 0.0716. The lowest BCUT2D eigenvalue weighted by atomic mass is 10.2. The highest BCUT2D eigenvalue weighted by atomic mass is 32.1. The number of hydrogen-bond donors (Lipinski definition) is 1. The highest BCUT2D eigenvalue weighted by Crippen LogP contribution is 2.19. The van der Waals surface area contributed by atoms with E-state index in [1.807, 2.05) is 0 Å². The second kappa shape index (κ2) is 9.21. The maximum absolute atomic E-state index is 12.3. The standard InChI is InChI=1S/C16H20N4O6S/c1-18(2)15(21)10-26-17-14-7-13(27)8-19(14)16(22)25-9-11-3-5-12(6-4-11)20(23)24/h3-6,13,27H,7-10H2,1-2H3/b17-14+. The summed E-state index contributed by atoms with van der Waals surface area (Å²) in [7, 11) is 3.19. The summed E-state index contributed by atoms with van der Waals surface area (Å²) in [5, 5.41) is 14.4. The SMILES string of the molecule is CN(C)C(=O)CO/N=C1\CC(S)CN1C(=O)OCc1ccc([N+](=O)[O-])cc1. The van der Waals surface area contributed by atoms with Gasteiger partial charge >= 0.3 is 6.09 Å². The van der Waals surface area contributed by atoms with E-state index in [4.69, 9.17) is 9.57 Å². The van der Waals surface area contributed by atoms with Crippen molar-refractivity contribution < 1.29 is 24.1 Å². The number of benzene rings is 1. The van der Waals surface area contributed by atoms with E-state index < -0.39 is 11.0 Å². The van der Waals surface area contributed by atoms with Crippen LogP contribution in [0, 0.1) is 10.1 Å². The van der Waals surface area contributed by atoms with E-state index in [9.17, 15) is 19.7 Å². The number of hydrogen-bond acceptors (Lipinski definition) is 8. The third-order valence-corrected chi connectivity index (χ3v) is 4.06. The molecule has 1 saturated heterocycles. The van der Waals surface area contributed by atoms with Crippen LogP contribution in [0.3, 0.4) is 0 Å². The highest BCUT2D eigenvalue weighted by Gasteiger charge is 2.32. The Morgan fingerprint density at radius 3 is 2.63 bits per heavy atom. The number of non-ortho nitro benzene ring substituents is 1. The van der Waals surface area contributed by atoms with Crippen molar-refractivity contribution >= 4 is 36.2 Å². The van der Waals surface area contributed by atoms with Gasteiger partial charge in [-0.05, 0) is 17.7 Å². The van der Waals surface area contributed by atoms with E-state index in [2.05, 4.69) is 17.8 Å². The summed E-state index contributed by atoms with van der Waals surface area (Å²) in [6.45, 7) is 0.0171. The maximum atomic E-state index is 12.3. The first kappa shape index (κ1) is 20.5. The first-order chi connectivity index (χ1) is 12.8. The molecule has 0 bridgehead atoms. The van der Waals surface area contributed by atoms with Gasteiger partial charge < -0.3 is 14.5 Å². The molecular weight excluding hydrogens is 376 g/mol. The number of amidine groups is 1. The van der Waals surface area contributed by atoms with E-state index >= 15 is 0 Å². The Bertz CT molecular complexity index is 737. The highest BCUT2D eigenvalue weighted by molar-refractivity contribution is 7.81. The van der Waals surface area contributed by atoms with Crippen molar-refractivity contribution in [3.8, 4) is 0 Å². The van der Waals surface area contributed by atoms with Crippen LogP contribution in [0.4, 0.5) is 10.5 Å². The van der Waals surface area contributed by atoms with Gasteiger partial charge in [-0.2, -0.15) is 12.6 Å². The fourth-order valence-corrected chi connectivity index (χ4v) is 2.52. The molecular formula is C16H20N4O6S.